The van der Waals surface area contributed by atoms with Gasteiger partial charge in [-0.25, -0.2) is 9.48 Å². The van der Waals surface area contributed by atoms with Gasteiger partial charge in [0.05, 0.1) is 6.20 Å². The number of amides is 1. The minimum Gasteiger partial charge on any atom is -0.476 e. The van der Waals surface area contributed by atoms with E-state index in [-0.39, 0.29) is 24.2 Å². The van der Waals surface area contributed by atoms with Gasteiger partial charge >= 0.3 is 5.97 Å². The van der Waals surface area contributed by atoms with Crippen molar-refractivity contribution in [3.8, 4) is 0 Å². The Morgan fingerprint density at radius 1 is 1.50 bits per heavy atom. The maximum absolute atomic E-state index is 12.0. The molecule has 7 nitrogen and oxygen atoms in total. The van der Waals surface area contributed by atoms with Gasteiger partial charge in [-0.1, -0.05) is 18.1 Å². The van der Waals surface area contributed by atoms with Crippen molar-refractivity contribution in [2.75, 3.05) is 6.26 Å². The summed E-state index contributed by atoms with van der Waals surface area (Å²) in [7, 11) is 0. The van der Waals surface area contributed by atoms with E-state index in [1.807, 2.05) is 0 Å². The summed E-state index contributed by atoms with van der Waals surface area (Å²) in [6.45, 7) is -0.00210. The number of hydrogen-bond donors (Lipinski definition) is 2. The Labute approximate surface area is 121 Å². The lowest BCUT2D eigenvalue weighted by molar-refractivity contribution is -0.122. The quantitative estimate of drug-likeness (QED) is 0.833. The van der Waals surface area contributed by atoms with E-state index < -0.39 is 5.97 Å². The van der Waals surface area contributed by atoms with E-state index in [0.29, 0.717) is 5.25 Å². The fraction of sp³-hybridized carbons (Fsp3) is 0.667. The normalized spacial score (nSPS) is 22.4. The van der Waals surface area contributed by atoms with E-state index in [4.69, 9.17) is 5.11 Å². The second-order valence-electron chi connectivity index (χ2n) is 4.84. The smallest absolute Gasteiger partial charge is 0.358 e. The fourth-order valence-corrected chi connectivity index (χ4v) is 3.35. The summed E-state index contributed by atoms with van der Waals surface area (Å²) in [6, 6.07) is 0.189. The Bertz CT molecular complexity index is 491. The van der Waals surface area contributed by atoms with Crippen LogP contribution in [0.3, 0.4) is 0 Å². The first kappa shape index (κ1) is 14.8. The molecular formula is C12H18N4O3S. The molecule has 2 rings (SSSR count). The second-order valence-corrected chi connectivity index (χ2v) is 5.92. The zero-order chi connectivity index (χ0) is 14.5. The predicted molar refractivity (Wildman–Crippen MR) is 74.7 cm³/mol. The van der Waals surface area contributed by atoms with Crippen molar-refractivity contribution in [3.63, 3.8) is 0 Å². The summed E-state index contributed by atoms with van der Waals surface area (Å²) in [4.78, 5) is 22.6. The lowest BCUT2D eigenvalue weighted by Gasteiger charge is -2.30. The third kappa shape index (κ3) is 3.72. The Morgan fingerprint density at radius 3 is 2.90 bits per heavy atom. The molecule has 1 amide bonds. The van der Waals surface area contributed by atoms with Gasteiger partial charge in [-0.15, -0.1) is 5.10 Å². The molecule has 1 heterocycles. The molecule has 0 aromatic carbocycles. The van der Waals surface area contributed by atoms with Crippen molar-refractivity contribution in [2.45, 2.75) is 43.5 Å². The largest absolute Gasteiger partial charge is 0.476 e. The highest BCUT2D eigenvalue weighted by Gasteiger charge is 2.25. The van der Waals surface area contributed by atoms with Gasteiger partial charge in [0.25, 0.3) is 0 Å². The average molecular weight is 298 g/mol. The SMILES string of the molecule is CSC1CCCCC1NC(=O)Cn1cc(C(=O)O)nn1. The molecule has 1 aliphatic carbocycles. The Hall–Kier alpha value is -1.57. The van der Waals surface area contributed by atoms with Gasteiger partial charge < -0.3 is 10.4 Å². The number of nitrogens with one attached hydrogen (secondary N) is 1. The van der Waals surface area contributed by atoms with Crippen molar-refractivity contribution in [1.82, 2.24) is 20.3 Å². The molecule has 1 saturated carbocycles. The van der Waals surface area contributed by atoms with Gasteiger partial charge in [0.2, 0.25) is 5.91 Å². The molecule has 8 heteroatoms. The van der Waals surface area contributed by atoms with Crippen LogP contribution in [-0.4, -0.2) is 49.5 Å². The van der Waals surface area contributed by atoms with Crippen LogP contribution in [0.25, 0.3) is 0 Å². The maximum atomic E-state index is 12.0. The highest BCUT2D eigenvalue weighted by molar-refractivity contribution is 7.99. The number of carboxylic acid groups (broad SMARTS) is 1. The van der Waals surface area contributed by atoms with E-state index in [9.17, 15) is 9.59 Å². The number of carbonyl (C=O) groups is 2. The first-order valence-electron chi connectivity index (χ1n) is 6.55. The summed E-state index contributed by atoms with van der Waals surface area (Å²) in [5.74, 6) is -1.30. The van der Waals surface area contributed by atoms with Gasteiger partial charge in [0, 0.05) is 11.3 Å². The zero-order valence-electron chi connectivity index (χ0n) is 11.3. The summed E-state index contributed by atoms with van der Waals surface area (Å²) in [5, 5.41) is 19.3. The molecule has 0 aliphatic heterocycles. The number of nitrogens with zero attached hydrogens (tertiary/aromatic N) is 3. The van der Waals surface area contributed by atoms with Crippen LogP contribution in [0.5, 0.6) is 0 Å². The molecule has 2 N–H and O–H groups in total. The number of rotatable bonds is 5. The van der Waals surface area contributed by atoms with Crippen LogP contribution >= 0.6 is 11.8 Å². The molecule has 20 heavy (non-hydrogen) atoms. The molecule has 0 saturated heterocycles. The first-order chi connectivity index (χ1) is 9.60. The van der Waals surface area contributed by atoms with Crippen LogP contribution in [0, 0.1) is 0 Å². The number of thioether (sulfide) groups is 1. The Kier molecular flexibility index (Phi) is 4.99. The van der Waals surface area contributed by atoms with Crippen LogP contribution in [0.15, 0.2) is 6.20 Å². The molecule has 0 radical (unpaired) electrons. The lowest BCUT2D eigenvalue weighted by atomic mass is 9.95. The van der Waals surface area contributed by atoms with Crippen LogP contribution in [0.4, 0.5) is 0 Å². The van der Waals surface area contributed by atoms with E-state index in [1.54, 1.807) is 11.8 Å². The van der Waals surface area contributed by atoms with E-state index in [2.05, 4.69) is 21.9 Å². The van der Waals surface area contributed by atoms with Crippen LogP contribution < -0.4 is 5.32 Å². The van der Waals surface area contributed by atoms with E-state index in [0.717, 1.165) is 19.3 Å². The van der Waals surface area contributed by atoms with Crippen molar-refractivity contribution < 1.29 is 14.7 Å². The molecule has 1 aromatic heterocycles. The summed E-state index contributed by atoms with van der Waals surface area (Å²) in [6.07, 6.45) is 7.78. The fourth-order valence-electron chi connectivity index (χ4n) is 2.42. The molecular weight excluding hydrogens is 280 g/mol. The molecule has 110 valence electrons. The minimum atomic E-state index is -1.15. The minimum absolute atomic E-state index is 0.00210. The summed E-state index contributed by atoms with van der Waals surface area (Å²) in [5.41, 5.74) is -0.155. The summed E-state index contributed by atoms with van der Waals surface area (Å²) >= 11 is 1.78. The van der Waals surface area contributed by atoms with Crippen molar-refractivity contribution in [2.24, 2.45) is 0 Å². The molecule has 1 aromatic rings. The van der Waals surface area contributed by atoms with Crippen molar-refractivity contribution in [1.29, 1.82) is 0 Å². The predicted octanol–water partition coefficient (Wildman–Crippen LogP) is 0.767. The molecule has 0 bridgehead atoms. The van der Waals surface area contributed by atoms with E-state index >= 15 is 0 Å². The topological polar surface area (TPSA) is 97.1 Å². The highest BCUT2D eigenvalue weighted by atomic mass is 32.2. The number of carbonyl (C=O) groups excluding carboxylic acids is 1. The first-order valence-corrected chi connectivity index (χ1v) is 7.84. The van der Waals surface area contributed by atoms with Gasteiger partial charge in [-0.05, 0) is 19.1 Å². The molecule has 2 unspecified atom stereocenters. The number of carboxylic acids is 1. The third-order valence-electron chi connectivity index (χ3n) is 3.42. The maximum Gasteiger partial charge on any atom is 0.358 e. The molecule has 1 fully saturated rings. The van der Waals surface area contributed by atoms with Gasteiger partial charge in [-0.2, -0.15) is 11.8 Å². The Morgan fingerprint density at radius 2 is 2.25 bits per heavy atom. The average Bonchev–Trinajstić information content (AvgIpc) is 2.88. The van der Waals surface area contributed by atoms with Crippen LogP contribution in [-0.2, 0) is 11.3 Å². The van der Waals surface area contributed by atoms with Crippen molar-refractivity contribution >= 4 is 23.6 Å². The molecule has 1 aliphatic rings. The number of hydrogen-bond acceptors (Lipinski definition) is 5. The van der Waals surface area contributed by atoms with Gasteiger partial charge in [0.15, 0.2) is 5.69 Å². The summed E-state index contributed by atoms with van der Waals surface area (Å²) < 4.78 is 1.25. The third-order valence-corrected chi connectivity index (χ3v) is 4.58. The van der Waals surface area contributed by atoms with Crippen molar-refractivity contribution in [3.05, 3.63) is 11.9 Å². The van der Waals surface area contributed by atoms with E-state index in [1.165, 1.54) is 17.3 Å². The Balaban J connectivity index is 1.89. The van der Waals surface area contributed by atoms with Gasteiger partial charge in [-0.3, -0.25) is 4.79 Å². The molecule has 0 spiro atoms. The van der Waals surface area contributed by atoms with Crippen LogP contribution in [0.1, 0.15) is 36.2 Å². The monoisotopic (exact) mass is 298 g/mol. The second kappa shape index (κ2) is 6.74. The molecule has 2 atom stereocenters. The highest BCUT2D eigenvalue weighted by Crippen LogP contribution is 2.27. The standard InChI is InChI=1S/C12H18N4O3S/c1-20-10-5-3-2-4-8(10)13-11(17)7-16-6-9(12(18)19)14-15-16/h6,8,10H,2-5,7H2,1H3,(H,13,17)(H,18,19). The van der Waals surface area contributed by atoms with Crippen LogP contribution in [0.2, 0.25) is 0 Å². The number of aromatic nitrogens is 3. The lowest BCUT2D eigenvalue weighted by Crippen LogP contribution is -2.44. The number of aromatic carboxylic acids is 1. The zero-order valence-corrected chi connectivity index (χ0v) is 12.1. The van der Waals surface area contributed by atoms with Gasteiger partial charge in [0.1, 0.15) is 6.54 Å².